The zero-order chi connectivity index (χ0) is 18.2. The molecule has 0 aromatic carbocycles. The van der Waals surface area contributed by atoms with E-state index in [9.17, 15) is 18.0 Å². The monoisotopic (exact) mass is 369 g/mol. The number of hydrogen-bond donors (Lipinski definition) is 0. The number of carbonyl (C=O) groups is 2. The van der Waals surface area contributed by atoms with Gasteiger partial charge in [0.25, 0.3) is 5.91 Å². The standard InChI is InChI=1S/C16H23N3O5S/c1-3-11(4-2)15(20)18-6-7-19(16(21)12-5-8-24-17-12)14-10-25(22,23)9-13(14)18/h5,8,11,13-14H,3-4,6-7,9-10H2,1-2H3/t13-,14+/m1/s1. The normalized spacial score (nSPS) is 25.2. The van der Waals surface area contributed by atoms with Crippen LogP contribution in [0, 0.1) is 5.92 Å². The summed E-state index contributed by atoms with van der Waals surface area (Å²) in [6, 6.07) is 0.451. The molecule has 138 valence electrons. The van der Waals surface area contributed by atoms with Gasteiger partial charge in [-0.25, -0.2) is 8.42 Å². The molecule has 0 saturated carbocycles. The smallest absolute Gasteiger partial charge is 0.276 e. The number of hydrogen-bond acceptors (Lipinski definition) is 6. The van der Waals surface area contributed by atoms with Crippen LogP contribution in [-0.4, -0.2) is 71.9 Å². The minimum absolute atomic E-state index is 0.00867. The van der Waals surface area contributed by atoms with E-state index in [1.165, 1.54) is 17.2 Å². The van der Waals surface area contributed by atoms with E-state index < -0.39 is 21.9 Å². The fraction of sp³-hybridized carbons (Fsp3) is 0.688. The summed E-state index contributed by atoms with van der Waals surface area (Å²) >= 11 is 0. The van der Waals surface area contributed by atoms with Gasteiger partial charge in [-0.1, -0.05) is 19.0 Å². The van der Waals surface area contributed by atoms with Gasteiger partial charge in [0.1, 0.15) is 6.26 Å². The van der Waals surface area contributed by atoms with Gasteiger partial charge in [0.15, 0.2) is 15.5 Å². The maximum Gasteiger partial charge on any atom is 0.276 e. The molecule has 3 heterocycles. The Morgan fingerprint density at radius 3 is 2.36 bits per heavy atom. The largest absolute Gasteiger partial charge is 0.364 e. The molecule has 0 N–H and O–H groups in total. The Labute approximate surface area is 147 Å². The zero-order valence-electron chi connectivity index (χ0n) is 14.4. The highest BCUT2D eigenvalue weighted by atomic mass is 32.2. The highest BCUT2D eigenvalue weighted by Gasteiger charge is 2.50. The van der Waals surface area contributed by atoms with Gasteiger partial charge < -0.3 is 14.3 Å². The third-order valence-corrected chi connectivity index (χ3v) is 6.91. The fourth-order valence-electron chi connectivity index (χ4n) is 3.82. The van der Waals surface area contributed by atoms with Crippen LogP contribution in [0.3, 0.4) is 0 Å². The first-order chi connectivity index (χ1) is 11.9. The van der Waals surface area contributed by atoms with Crippen LogP contribution < -0.4 is 0 Å². The second-order valence-electron chi connectivity index (χ2n) is 6.64. The van der Waals surface area contributed by atoms with Crippen LogP contribution in [0.25, 0.3) is 0 Å². The van der Waals surface area contributed by atoms with Gasteiger partial charge in [-0.2, -0.15) is 0 Å². The average molecular weight is 369 g/mol. The first-order valence-corrected chi connectivity index (χ1v) is 10.4. The van der Waals surface area contributed by atoms with E-state index >= 15 is 0 Å². The van der Waals surface area contributed by atoms with Crippen LogP contribution in [-0.2, 0) is 14.6 Å². The molecule has 8 nitrogen and oxygen atoms in total. The molecular formula is C16H23N3O5S. The first-order valence-electron chi connectivity index (χ1n) is 8.60. The van der Waals surface area contributed by atoms with E-state index in [0.29, 0.717) is 13.1 Å². The van der Waals surface area contributed by atoms with Crippen molar-refractivity contribution in [3.05, 3.63) is 18.0 Å². The molecule has 0 unspecified atom stereocenters. The Kier molecular flexibility index (Phi) is 4.86. The SMILES string of the molecule is CCC(CC)C(=O)N1CCN(C(=O)c2ccon2)[C@H]2CS(=O)(=O)C[C@H]21. The van der Waals surface area contributed by atoms with Crippen LogP contribution in [0.2, 0.25) is 0 Å². The van der Waals surface area contributed by atoms with Gasteiger partial charge >= 0.3 is 0 Å². The van der Waals surface area contributed by atoms with Gasteiger partial charge in [-0.15, -0.1) is 0 Å². The van der Waals surface area contributed by atoms with Crippen LogP contribution in [0.15, 0.2) is 16.9 Å². The molecule has 2 fully saturated rings. The molecule has 3 rings (SSSR count). The molecular weight excluding hydrogens is 346 g/mol. The lowest BCUT2D eigenvalue weighted by atomic mass is 9.97. The maximum atomic E-state index is 12.8. The molecule has 2 amide bonds. The molecule has 0 radical (unpaired) electrons. The Bertz CT molecular complexity index is 742. The van der Waals surface area contributed by atoms with Crippen molar-refractivity contribution in [2.75, 3.05) is 24.6 Å². The van der Waals surface area contributed by atoms with Crippen molar-refractivity contribution in [2.45, 2.75) is 38.8 Å². The zero-order valence-corrected chi connectivity index (χ0v) is 15.2. The Balaban J connectivity index is 1.87. The van der Waals surface area contributed by atoms with Crippen LogP contribution in [0.5, 0.6) is 0 Å². The predicted molar refractivity (Wildman–Crippen MR) is 89.6 cm³/mol. The van der Waals surface area contributed by atoms with Crippen molar-refractivity contribution in [1.29, 1.82) is 0 Å². The van der Waals surface area contributed by atoms with Gasteiger partial charge in [-0.3, -0.25) is 9.59 Å². The second-order valence-corrected chi connectivity index (χ2v) is 8.79. The van der Waals surface area contributed by atoms with Gasteiger partial charge in [0.2, 0.25) is 5.91 Å². The topological polar surface area (TPSA) is 101 Å². The van der Waals surface area contributed by atoms with Crippen molar-refractivity contribution in [3.8, 4) is 0 Å². The van der Waals surface area contributed by atoms with E-state index in [0.717, 1.165) is 12.8 Å². The number of sulfone groups is 1. The molecule has 2 saturated heterocycles. The van der Waals surface area contributed by atoms with Gasteiger partial charge in [0, 0.05) is 25.1 Å². The van der Waals surface area contributed by atoms with Crippen molar-refractivity contribution >= 4 is 21.7 Å². The van der Waals surface area contributed by atoms with E-state index in [-0.39, 0.29) is 34.9 Å². The van der Waals surface area contributed by atoms with Crippen LogP contribution in [0.4, 0.5) is 0 Å². The molecule has 2 atom stereocenters. The lowest BCUT2D eigenvalue weighted by Gasteiger charge is -2.44. The van der Waals surface area contributed by atoms with Crippen molar-refractivity contribution < 1.29 is 22.5 Å². The minimum atomic E-state index is -3.30. The summed E-state index contributed by atoms with van der Waals surface area (Å²) in [6.45, 7) is 4.56. The highest BCUT2D eigenvalue weighted by molar-refractivity contribution is 7.91. The number of carbonyl (C=O) groups excluding carboxylic acids is 2. The number of piperazine rings is 1. The molecule has 1 aromatic rings. The van der Waals surface area contributed by atoms with Crippen molar-refractivity contribution in [2.24, 2.45) is 5.92 Å². The lowest BCUT2D eigenvalue weighted by Crippen LogP contribution is -2.62. The summed E-state index contributed by atoms with van der Waals surface area (Å²) < 4.78 is 29.2. The van der Waals surface area contributed by atoms with E-state index in [1.54, 1.807) is 4.90 Å². The summed E-state index contributed by atoms with van der Waals surface area (Å²) in [4.78, 5) is 28.7. The number of rotatable bonds is 4. The molecule has 2 aliphatic rings. The molecule has 9 heteroatoms. The fourth-order valence-corrected chi connectivity index (χ4v) is 5.80. The molecule has 0 aliphatic carbocycles. The lowest BCUT2D eigenvalue weighted by molar-refractivity contribution is -0.141. The van der Waals surface area contributed by atoms with Crippen LogP contribution >= 0.6 is 0 Å². The Morgan fingerprint density at radius 1 is 1.20 bits per heavy atom. The third-order valence-electron chi connectivity index (χ3n) is 5.21. The molecule has 0 bridgehead atoms. The number of amides is 2. The average Bonchev–Trinajstić information content (AvgIpc) is 3.20. The van der Waals surface area contributed by atoms with Gasteiger partial charge in [-0.05, 0) is 12.8 Å². The third kappa shape index (κ3) is 3.29. The second kappa shape index (κ2) is 6.78. The van der Waals surface area contributed by atoms with Crippen molar-refractivity contribution in [1.82, 2.24) is 15.0 Å². The summed E-state index contributed by atoms with van der Waals surface area (Å²) in [5, 5.41) is 3.65. The molecule has 25 heavy (non-hydrogen) atoms. The van der Waals surface area contributed by atoms with E-state index in [2.05, 4.69) is 5.16 Å². The molecule has 2 aliphatic heterocycles. The number of fused-ring (bicyclic) bond motifs is 1. The van der Waals surface area contributed by atoms with Gasteiger partial charge in [0.05, 0.1) is 23.6 Å². The highest BCUT2D eigenvalue weighted by Crippen LogP contribution is 2.30. The molecule has 0 spiro atoms. The van der Waals surface area contributed by atoms with Crippen LogP contribution in [0.1, 0.15) is 37.2 Å². The minimum Gasteiger partial charge on any atom is -0.364 e. The number of nitrogens with zero attached hydrogens (tertiary/aromatic N) is 3. The summed E-state index contributed by atoms with van der Waals surface area (Å²) in [6.07, 6.45) is 2.75. The summed E-state index contributed by atoms with van der Waals surface area (Å²) in [5.41, 5.74) is 0.155. The quantitative estimate of drug-likeness (QED) is 0.769. The summed E-state index contributed by atoms with van der Waals surface area (Å²) in [7, 11) is -3.30. The Morgan fingerprint density at radius 2 is 1.80 bits per heavy atom. The van der Waals surface area contributed by atoms with E-state index in [4.69, 9.17) is 4.52 Å². The summed E-state index contributed by atoms with van der Waals surface area (Å²) in [5.74, 6) is -0.678. The number of aromatic nitrogens is 1. The van der Waals surface area contributed by atoms with E-state index in [1.807, 2.05) is 13.8 Å². The van der Waals surface area contributed by atoms with Crippen molar-refractivity contribution in [3.63, 3.8) is 0 Å². The predicted octanol–water partition coefficient (Wildman–Crippen LogP) is 0.561. The maximum absolute atomic E-state index is 12.8. The Hall–Kier alpha value is -1.90. The molecule has 1 aromatic heterocycles. The first kappa shape index (κ1) is 17.9.